The van der Waals surface area contributed by atoms with Crippen molar-refractivity contribution in [2.24, 2.45) is 0 Å². The Morgan fingerprint density at radius 3 is 3.00 bits per heavy atom. The summed E-state index contributed by atoms with van der Waals surface area (Å²) < 4.78 is 7.22. The molecular weight excluding hydrogens is 248 g/mol. The standard InChI is InChI=1S/C10H13N5O3/c11-9-8-10(13-3-12-9)15(4-14-8)7-1-5(17)6(2-16)18-7/h3-7,16-17H,1-2H2,(H2,11,12,13)/t5-,6+,7+/m0/s1/i1+1,2+1,3+1,4+1,5+1,6+1,7+1,8+1,9+1,10+1. The zero-order chi connectivity index (χ0) is 12.7. The Morgan fingerprint density at radius 1 is 1.44 bits per heavy atom. The third kappa shape index (κ3) is 1.62. The Bertz CT molecular complexity index is 572. The maximum atomic E-state index is 9.71. The van der Waals surface area contributed by atoms with Crippen molar-refractivity contribution in [3.05, 3.63) is 12.7 Å². The predicted molar refractivity (Wildman–Crippen MR) is 61.4 cm³/mol. The first kappa shape index (κ1) is 11.3. The molecule has 0 unspecified atom stereocenters. The number of hydrogen-bond acceptors (Lipinski definition) is 7. The molecule has 0 bridgehead atoms. The maximum absolute atomic E-state index is 9.71. The van der Waals surface area contributed by atoms with Gasteiger partial charge in [0.25, 0.3) is 0 Å². The average Bonchev–Trinajstić information content (AvgIpc) is 2.93. The lowest BCUT2D eigenvalue weighted by atomic mass is 11.1. The van der Waals surface area contributed by atoms with Gasteiger partial charge in [-0.2, -0.15) is 0 Å². The zero-order valence-corrected chi connectivity index (χ0v) is 9.47. The summed E-state index contributed by atoms with van der Waals surface area (Å²) in [6.45, 7) is -0.221. The summed E-state index contributed by atoms with van der Waals surface area (Å²) in [4.78, 5) is 12.1. The average molecular weight is 261 g/mol. The van der Waals surface area contributed by atoms with Crippen molar-refractivity contribution in [3.63, 3.8) is 0 Å². The minimum Gasteiger partial charge on any atom is -0.394 e. The van der Waals surface area contributed by atoms with Gasteiger partial charge in [0.2, 0.25) is 0 Å². The second-order valence-corrected chi connectivity index (χ2v) is 4.20. The highest BCUT2D eigenvalue weighted by Gasteiger charge is 2.35. The molecule has 0 saturated carbocycles. The van der Waals surface area contributed by atoms with Gasteiger partial charge in [-0.3, -0.25) is 4.57 Å². The number of hydrogen-bond donors (Lipinski definition) is 3. The fraction of sp³-hybridized carbons (Fsp3) is 0.500. The molecule has 8 heteroatoms. The van der Waals surface area contributed by atoms with Crippen LogP contribution in [0.4, 0.5) is 5.82 Å². The number of anilines is 1. The molecule has 96 valence electrons. The number of nitrogens with two attached hydrogens (primary N) is 1. The number of ether oxygens (including phenoxy) is 1. The first-order valence-electron chi connectivity index (χ1n) is 5.58. The third-order valence-electron chi connectivity index (χ3n) is 3.08. The van der Waals surface area contributed by atoms with Crippen molar-refractivity contribution in [1.82, 2.24) is 19.5 Å². The topological polar surface area (TPSA) is 119 Å². The van der Waals surface area contributed by atoms with Crippen LogP contribution in [0.5, 0.6) is 0 Å². The molecule has 0 amide bonds. The van der Waals surface area contributed by atoms with Crippen LogP contribution in [0.1, 0.15) is 12.6 Å². The van der Waals surface area contributed by atoms with Crippen molar-refractivity contribution >= 4 is 17.0 Å². The molecule has 1 saturated heterocycles. The summed E-state index contributed by atoms with van der Waals surface area (Å²) in [5.74, 6) is 0.302. The van der Waals surface area contributed by atoms with Crippen LogP contribution in [0, 0.1) is 0 Å². The SMILES string of the molecule is N[13c]1n[13cH]n[13c]2[13c]1n[13cH]n2[13C@H]1[13CH2][13C@H](O)[13C@@H]([13CH2]O)O1. The highest BCUT2D eigenvalue weighted by molar-refractivity contribution is 5.81. The van der Waals surface area contributed by atoms with Crippen molar-refractivity contribution in [3.8, 4) is 0 Å². The Hall–Kier alpha value is -1.77. The number of aliphatic hydroxyl groups excluding tert-OH is 2. The Labute approximate surface area is 102 Å². The van der Waals surface area contributed by atoms with E-state index in [1.165, 1.54) is 6.33 Å². The van der Waals surface area contributed by atoms with E-state index in [4.69, 9.17) is 15.6 Å². The largest absolute Gasteiger partial charge is 0.394 e. The molecule has 2 aromatic heterocycles. The van der Waals surface area contributed by atoms with E-state index >= 15 is 0 Å². The normalized spacial score (nSPS) is 28.0. The Morgan fingerprint density at radius 2 is 2.28 bits per heavy atom. The van der Waals surface area contributed by atoms with Gasteiger partial charge in [-0.05, 0) is 0 Å². The lowest BCUT2D eigenvalue weighted by Gasteiger charge is -2.13. The molecule has 8 nitrogen and oxygen atoms in total. The molecule has 0 aromatic carbocycles. The summed E-state index contributed by atoms with van der Waals surface area (Å²) in [6.07, 6.45) is 1.60. The van der Waals surface area contributed by atoms with E-state index in [9.17, 15) is 5.11 Å². The van der Waals surface area contributed by atoms with E-state index in [0.717, 1.165) is 0 Å². The van der Waals surface area contributed by atoms with Gasteiger partial charge in [0.05, 0.1) is 19.0 Å². The smallest absolute Gasteiger partial charge is 0.167 e. The van der Waals surface area contributed by atoms with Crippen LogP contribution in [-0.2, 0) is 4.74 Å². The number of imidazole rings is 1. The van der Waals surface area contributed by atoms with Crippen LogP contribution in [0.15, 0.2) is 12.7 Å². The quantitative estimate of drug-likeness (QED) is 0.596. The number of fused-ring (bicyclic) bond motifs is 1. The van der Waals surface area contributed by atoms with E-state index in [0.29, 0.717) is 23.4 Å². The van der Waals surface area contributed by atoms with E-state index in [1.807, 2.05) is 0 Å². The molecule has 3 rings (SSSR count). The molecule has 3 atom stereocenters. The predicted octanol–water partition coefficient (Wildman–Crippen LogP) is -0.951. The van der Waals surface area contributed by atoms with Gasteiger partial charge in [0.15, 0.2) is 11.5 Å². The van der Waals surface area contributed by atoms with E-state index < -0.39 is 18.4 Å². The van der Waals surface area contributed by atoms with Gasteiger partial charge < -0.3 is 20.7 Å². The van der Waals surface area contributed by atoms with Gasteiger partial charge in [0, 0.05) is 6.42 Å². The fourth-order valence-electron chi connectivity index (χ4n) is 2.13. The van der Waals surface area contributed by atoms with E-state index in [2.05, 4.69) is 15.0 Å². The molecule has 3 heterocycles. The molecular formula is C10H13N5O3. The fourth-order valence-corrected chi connectivity index (χ4v) is 2.13. The highest BCUT2D eigenvalue weighted by atomic mass is 16.7. The molecule has 1 fully saturated rings. The summed E-state index contributed by atoms with van der Waals surface area (Å²) in [7, 11) is 0. The molecule has 0 aliphatic carbocycles. The first-order valence-corrected chi connectivity index (χ1v) is 5.58. The first-order chi connectivity index (χ1) is 8.70. The second kappa shape index (κ2) is 4.16. The van der Waals surface area contributed by atoms with Gasteiger partial charge in [0.1, 0.15) is 24.2 Å². The Kier molecular flexibility index (Phi) is 2.62. The van der Waals surface area contributed by atoms with Gasteiger partial charge in [-0.1, -0.05) is 0 Å². The summed E-state index contributed by atoms with van der Waals surface area (Å²) >= 11 is 0. The number of nitrogens with zero attached hydrogens (tertiary/aromatic N) is 4. The number of aliphatic hydroxyl groups is 2. The number of rotatable bonds is 2. The number of nitrogen functional groups attached to an aromatic ring is 1. The Balaban J connectivity index is 1.99. The molecule has 1 aliphatic rings. The van der Waals surface area contributed by atoms with Gasteiger partial charge in [-0.15, -0.1) is 0 Å². The van der Waals surface area contributed by atoms with Gasteiger partial charge >= 0.3 is 0 Å². The number of aromatic nitrogens is 4. The molecule has 18 heavy (non-hydrogen) atoms. The maximum Gasteiger partial charge on any atom is 0.167 e. The van der Waals surface area contributed by atoms with Gasteiger partial charge in [-0.25, -0.2) is 15.0 Å². The van der Waals surface area contributed by atoms with Crippen LogP contribution in [0.25, 0.3) is 11.2 Å². The van der Waals surface area contributed by atoms with Crippen LogP contribution in [-0.4, -0.2) is 48.5 Å². The highest BCUT2D eigenvalue weighted by Crippen LogP contribution is 2.30. The summed E-state index contributed by atoms with van der Waals surface area (Å²) in [5, 5.41) is 18.8. The summed E-state index contributed by atoms with van der Waals surface area (Å²) in [6, 6.07) is 0. The minimum atomic E-state index is -0.698. The molecule has 0 spiro atoms. The molecule has 2 aromatic rings. The van der Waals surface area contributed by atoms with Crippen molar-refractivity contribution in [2.75, 3.05) is 12.3 Å². The summed E-state index contributed by atoms with van der Waals surface area (Å²) in [5.41, 5.74) is 6.75. The third-order valence-corrected chi connectivity index (χ3v) is 3.08. The molecule has 4 N–H and O–H groups in total. The van der Waals surface area contributed by atoms with Crippen molar-refractivity contribution < 1.29 is 14.9 Å². The molecule has 1 aliphatic heterocycles. The van der Waals surface area contributed by atoms with E-state index in [-0.39, 0.29) is 6.61 Å². The molecule has 0 radical (unpaired) electrons. The zero-order valence-electron chi connectivity index (χ0n) is 9.47. The minimum absolute atomic E-state index is 0.221. The van der Waals surface area contributed by atoms with Crippen LogP contribution in [0.3, 0.4) is 0 Å². The van der Waals surface area contributed by atoms with Crippen molar-refractivity contribution in [2.45, 2.75) is 24.9 Å². The van der Waals surface area contributed by atoms with Crippen molar-refractivity contribution in [1.29, 1.82) is 0 Å². The lowest BCUT2D eigenvalue weighted by Crippen LogP contribution is -2.24. The van der Waals surface area contributed by atoms with Crippen LogP contribution < -0.4 is 5.73 Å². The monoisotopic (exact) mass is 261 g/mol. The van der Waals surface area contributed by atoms with Crippen LogP contribution >= 0.6 is 0 Å². The second-order valence-electron chi connectivity index (χ2n) is 4.20. The van der Waals surface area contributed by atoms with E-state index in [1.54, 1.807) is 10.9 Å². The lowest BCUT2D eigenvalue weighted by molar-refractivity contribution is -0.0432. The van der Waals surface area contributed by atoms with Crippen LogP contribution in [0.2, 0.25) is 0 Å².